The second kappa shape index (κ2) is 4.64. The number of rotatable bonds is 3. The van der Waals surface area contributed by atoms with Crippen LogP contribution < -0.4 is 10.6 Å². The Morgan fingerprint density at radius 1 is 1.33 bits per heavy atom. The van der Waals surface area contributed by atoms with Crippen LogP contribution in [0.5, 0.6) is 0 Å². The molecule has 0 saturated carbocycles. The molecule has 0 spiro atoms. The molecular formula is C12H14N2O. The van der Waals surface area contributed by atoms with E-state index in [2.05, 4.69) is 34.9 Å². The van der Waals surface area contributed by atoms with Crippen LogP contribution in [-0.2, 0) is 0 Å². The molecule has 1 aromatic rings. The third kappa shape index (κ3) is 2.84. The predicted octanol–water partition coefficient (Wildman–Crippen LogP) is 1.77. The van der Waals surface area contributed by atoms with Crippen molar-refractivity contribution >= 4 is 12.1 Å². The third-order valence-corrected chi connectivity index (χ3v) is 2.37. The zero-order valence-electron chi connectivity index (χ0n) is 8.44. The third-order valence-electron chi connectivity index (χ3n) is 2.37. The normalized spacial score (nSPS) is 20.3. The van der Waals surface area contributed by atoms with E-state index in [-0.39, 0.29) is 12.1 Å². The average Bonchev–Trinajstić information content (AvgIpc) is 2.66. The summed E-state index contributed by atoms with van der Waals surface area (Å²) < 4.78 is 0. The van der Waals surface area contributed by atoms with Gasteiger partial charge >= 0.3 is 6.03 Å². The van der Waals surface area contributed by atoms with Crippen LogP contribution in [0.15, 0.2) is 36.4 Å². The molecule has 3 heteroatoms. The fraction of sp³-hybridized carbons (Fsp3) is 0.250. The van der Waals surface area contributed by atoms with E-state index < -0.39 is 0 Å². The van der Waals surface area contributed by atoms with Gasteiger partial charge in [-0.25, -0.2) is 4.79 Å². The van der Waals surface area contributed by atoms with Gasteiger partial charge in [0.1, 0.15) is 0 Å². The number of urea groups is 1. The molecule has 15 heavy (non-hydrogen) atoms. The van der Waals surface area contributed by atoms with Gasteiger partial charge < -0.3 is 10.6 Å². The molecule has 2 amide bonds. The van der Waals surface area contributed by atoms with Crippen LogP contribution in [0.2, 0.25) is 0 Å². The lowest BCUT2D eigenvalue weighted by Gasteiger charge is -2.02. The number of hydrogen-bond donors (Lipinski definition) is 2. The summed E-state index contributed by atoms with van der Waals surface area (Å²) in [4.78, 5) is 10.8. The number of carbonyl (C=O) groups is 1. The Morgan fingerprint density at radius 2 is 2.13 bits per heavy atom. The molecule has 2 N–H and O–H groups in total. The number of benzene rings is 1. The Labute approximate surface area is 89.2 Å². The lowest BCUT2D eigenvalue weighted by molar-refractivity contribution is 0.247. The van der Waals surface area contributed by atoms with Crippen molar-refractivity contribution < 1.29 is 4.79 Å². The second-order valence-electron chi connectivity index (χ2n) is 3.60. The SMILES string of the molecule is O=C1NCC(C/C=C/c2ccccc2)N1. The van der Waals surface area contributed by atoms with Gasteiger partial charge in [-0.2, -0.15) is 0 Å². The number of hydrogen-bond acceptors (Lipinski definition) is 1. The van der Waals surface area contributed by atoms with Gasteiger partial charge in [0.25, 0.3) is 0 Å². The maximum atomic E-state index is 10.8. The van der Waals surface area contributed by atoms with Crippen LogP contribution in [0.4, 0.5) is 4.79 Å². The summed E-state index contributed by atoms with van der Waals surface area (Å²) in [5.41, 5.74) is 1.19. The second-order valence-corrected chi connectivity index (χ2v) is 3.60. The highest BCUT2D eigenvalue weighted by Crippen LogP contribution is 2.04. The summed E-state index contributed by atoms with van der Waals surface area (Å²) in [5, 5.41) is 5.57. The van der Waals surface area contributed by atoms with Crippen LogP contribution >= 0.6 is 0 Å². The summed E-state index contributed by atoms with van der Waals surface area (Å²) >= 11 is 0. The number of amides is 2. The average molecular weight is 202 g/mol. The Kier molecular flexibility index (Phi) is 3.02. The summed E-state index contributed by atoms with van der Waals surface area (Å²) in [7, 11) is 0. The van der Waals surface area contributed by atoms with E-state index in [9.17, 15) is 4.79 Å². The smallest absolute Gasteiger partial charge is 0.315 e. The van der Waals surface area contributed by atoms with Crippen molar-refractivity contribution in [3.63, 3.8) is 0 Å². The minimum Gasteiger partial charge on any atom is -0.336 e. The van der Waals surface area contributed by atoms with Crippen LogP contribution in [0, 0.1) is 0 Å². The van der Waals surface area contributed by atoms with Gasteiger partial charge in [0.05, 0.1) is 6.04 Å². The van der Waals surface area contributed by atoms with Gasteiger partial charge in [0.15, 0.2) is 0 Å². The summed E-state index contributed by atoms with van der Waals surface area (Å²) in [6.45, 7) is 0.720. The number of carbonyl (C=O) groups excluding carboxylic acids is 1. The Bertz CT molecular complexity index is 359. The van der Waals surface area contributed by atoms with Gasteiger partial charge in [-0.3, -0.25) is 0 Å². The standard InChI is InChI=1S/C12H14N2O/c15-12-13-9-11(14-12)8-4-7-10-5-2-1-3-6-10/h1-7,11H,8-9H2,(H2,13,14,15)/b7-4+. The van der Waals surface area contributed by atoms with E-state index in [0.29, 0.717) is 0 Å². The zero-order valence-corrected chi connectivity index (χ0v) is 8.44. The van der Waals surface area contributed by atoms with Crippen molar-refractivity contribution in [2.24, 2.45) is 0 Å². The first kappa shape index (κ1) is 9.77. The molecule has 1 saturated heterocycles. The van der Waals surface area contributed by atoms with Gasteiger partial charge in [-0.1, -0.05) is 42.5 Å². The van der Waals surface area contributed by atoms with Gasteiger partial charge in [-0.15, -0.1) is 0 Å². The van der Waals surface area contributed by atoms with E-state index in [4.69, 9.17) is 0 Å². The highest BCUT2D eigenvalue weighted by atomic mass is 16.2. The van der Waals surface area contributed by atoms with Crippen molar-refractivity contribution in [1.29, 1.82) is 0 Å². The Balaban J connectivity index is 1.83. The van der Waals surface area contributed by atoms with Crippen LogP contribution in [0.25, 0.3) is 6.08 Å². The lowest BCUT2D eigenvalue weighted by Crippen LogP contribution is -2.25. The maximum Gasteiger partial charge on any atom is 0.315 e. The molecule has 0 bridgehead atoms. The van der Waals surface area contributed by atoms with Crippen molar-refractivity contribution in [1.82, 2.24) is 10.6 Å². The molecule has 0 radical (unpaired) electrons. The van der Waals surface area contributed by atoms with Crippen molar-refractivity contribution in [3.05, 3.63) is 42.0 Å². The van der Waals surface area contributed by atoms with E-state index in [0.717, 1.165) is 13.0 Å². The topological polar surface area (TPSA) is 41.1 Å². The highest BCUT2D eigenvalue weighted by Gasteiger charge is 2.17. The minimum absolute atomic E-state index is 0.0619. The molecule has 0 aromatic heterocycles. The first-order valence-corrected chi connectivity index (χ1v) is 5.10. The van der Waals surface area contributed by atoms with Gasteiger partial charge in [0.2, 0.25) is 0 Å². The Morgan fingerprint density at radius 3 is 2.80 bits per heavy atom. The maximum absolute atomic E-state index is 10.8. The highest BCUT2D eigenvalue weighted by molar-refractivity contribution is 5.76. The monoisotopic (exact) mass is 202 g/mol. The van der Waals surface area contributed by atoms with Crippen molar-refractivity contribution in [3.8, 4) is 0 Å². The van der Waals surface area contributed by atoms with Crippen LogP contribution in [-0.4, -0.2) is 18.6 Å². The minimum atomic E-state index is -0.0619. The molecule has 3 nitrogen and oxygen atoms in total. The van der Waals surface area contributed by atoms with Crippen LogP contribution in [0.1, 0.15) is 12.0 Å². The molecule has 1 fully saturated rings. The van der Waals surface area contributed by atoms with Crippen LogP contribution in [0.3, 0.4) is 0 Å². The van der Waals surface area contributed by atoms with E-state index >= 15 is 0 Å². The first-order valence-electron chi connectivity index (χ1n) is 5.10. The summed E-state index contributed by atoms with van der Waals surface area (Å²) in [6, 6.07) is 10.3. The molecule has 2 rings (SSSR count). The summed E-state index contributed by atoms with van der Waals surface area (Å²) in [5.74, 6) is 0. The van der Waals surface area contributed by atoms with Gasteiger partial charge in [-0.05, 0) is 12.0 Å². The molecule has 1 aliphatic rings. The lowest BCUT2D eigenvalue weighted by atomic mass is 10.1. The molecule has 1 heterocycles. The van der Waals surface area contributed by atoms with Crippen molar-refractivity contribution in [2.75, 3.05) is 6.54 Å². The van der Waals surface area contributed by atoms with E-state index in [1.165, 1.54) is 5.56 Å². The van der Waals surface area contributed by atoms with Crippen molar-refractivity contribution in [2.45, 2.75) is 12.5 Å². The fourth-order valence-corrected chi connectivity index (χ4v) is 1.58. The summed E-state index contributed by atoms with van der Waals surface area (Å²) in [6.07, 6.45) is 5.03. The van der Waals surface area contributed by atoms with E-state index in [1.54, 1.807) is 0 Å². The molecule has 78 valence electrons. The van der Waals surface area contributed by atoms with Gasteiger partial charge in [0, 0.05) is 6.54 Å². The molecule has 1 aliphatic heterocycles. The quantitative estimate of drug-likeness (QED) is 0.770. The molecule has 1 aromatic carbocycles. The first-order chi connectivity index (χ1) is 7.34. The number of nitrogens with one attached hydrogen (secondary N) is 2. The molecule has 1 atom stereocenters. The Hall–Kier alpha value is -1.77. The zero-order chi connectivity index (χ0) is 10.5. The molecule has 1 unspecified atom stereocenters. The molecular weight excluding hydrogens is 188 g/mol. The molecule has 0 aliphatic carbocycles. The largest absolute Gasteiger partial charge is 0.336 e. The van der Waals surface area contributed by atoms with E-state index in [1.807, 2.05) is 18.2 Å². The fourth-order valence-electron chi connectivity index (χ4n) is 1.58. The predicted molar refractivity (Wildman–Crippen MR) is 60.4 cm³/mol.